The molecule has 2 N–H and O–H groups in total. The van der Waals surface area contributed by atoms with Gasteiger partial charge in [0.2, 0.25) is 10.0 Å². The molecule has 1 aromatic carbocycles. The monoisotopic (exact) mass is 332 g/mol. The lowest BCUT2D eigenvalue weighted by molar-refractivity contribution is 0.0692. The largest absolute Gasteiger partial charge is 0.476 e. The number of benzene rings is 1. The molecule has 9 heteroatoms. The first-order valence-electron chi connectivity index (χ1n) is 6.50. The number of hydrogen-bond acceptors (Lipinski definition) is 5. The third-order valence-corrected chi connectivity index (χ3v) is 3.65. The van der Waals surface area contributed by atoms with Crippen molar-refractivity contribution < 1.29 is 18.3 Å². The number of aromatic nitrogens is 3. The molecule has 2 aromatic heterocycles. The van der Waals surface area contributed by atoms with Crippen molar-refractivity contribution >= 4 is 32.7 Å². The molecule has 3 rings (SSSR count). The van der Waals surface area contributed by atoms with Crippen LogP contribution in [0.25, 0.3) is 16.6 Å². The number of sulfonamides is 1. The Morgan fingerprint density at radius 1 is 1.22 bits per heavy atom. The van der Waals surface area contributed by atoms with E-state index in [0.29, 0.717) is 16.6 Å². The Balaban J connectivity index is 2.09. The number of para-hydroxylation sites is 1. The van der Waals surface area contributed by atoms with E-state index in [1.807, 2.05) is 0 Å². The molecule has 0 spiro atoms. The van der Waals surface area contributed by atoms with Gasteiger partial charge in [-0.1, -0.05) is 18.2 Å². The van der Waals surface area contributed by atoms with Crippen LogP contribution in [0.4, 0.5) is 5.82 Å². The van der Waals surface area contributed by atoms with Gasteiger partial charge in [-0.3, -0.25) is 4.72 Å². The Bertz CT molecular complexity index is 993. The summed E-state index contributed by atoms with van der Waals surface area (Å²) < 4.78 is 26.1. The summed E-state index contributed by atoms with van der Waals surface area (Å²) in [5.41, 5.74) is 1.09. The van der Waals surface area contributed by atoms with Gasteiger partial charge in [0.25, 0.3) is 0 Å². The van der Waals surface area contributed by atoms with Gasteiger partial charge in [-0.25, -0.2) is 22.9 Å². The van der Waals surface area contributed by atoms with Crippen LogP contribution in [0.2, 0.25) is 0 Å². The van der Waals surface area contributed by atoms with Crippen molar-refractivity contribution in [1.29, 1.82) is 0 Å². The average molecular weight is 332 g/mol. The molecule has 3 aromatic rings. The minimum Gasteiger partial charge on any atom is -0.476 e. The van der Waals surface area contributed by atoms with E-state index in [4.69, 9.17) is 0 Å². The molecule has 0 aliphatic heterocycles. The zero-order valence-corrected chi connectivity index (χ0v) is 12.8. The molecule has 0 aliphatic carbocycles. The van der Waals surface area contributed by atoms with Crippen molar-refractivity contribution in [2.45, 2.75) is 0 Å². The summed E-state index contributed by atoms with van der Waals surface area (Å²) >= 11 is 0. The van der Waals surface area contributed by atoms with Crippen LogP contribution >= 0.6 is 0 Å². The number of carbonyl (C=O) groups is 1. The number of aromatic carboxylic acids is 1. The maximum absolute atomic E-state index is 11.3. The highest BCUT2D eigenvalue weighted by molar-refractivity contribution is 7.92. The fraction of sp³-hybridized carbons (Fsp3) is 0.0714. The van der Waals surface area contributed by atoms with Gasteiger partial charge < -0.3 is 5.11 Å². The normalized spacial score (nSPS) is 11.5. The highest BCUT2D eigenvalue weighted by Gasteiger charge is 2.16. The van der Waals surface area contributed by atoms with Gasteiger partial charge in [0.1, 0.15) is 5.82 Å². The van der Waals surface area contributed by atoms with Crippen LogP contribution in [-0.2, 0) is 10.0 Å². The molecule has 0 amide bonds. The number of nitrogens with one attached hydrogen (secondary N) is 1. The molecular formula is C14H12N4O4S. The van der Waals surface area contributed by atoms with Gasteiger partial charge in [-0.05, 0) is 18.2 Å². The Labute approximate surface area is 131 Å². The van der Waals surface area contributed by atoms with Gasteiger partial charge >= 0.3 is 5.97 Å². The number of anilines is 1. The zero-order chi connectivity index (χ0) is 16.6. The molecular weight excluding hydrogens is 320 g/mol. The predicted octanol–water partition coefficient (Wildman–Crippen LogP) is 1.49. The van der Waals surface area contributed by atoms with Crippen LogP contribution in [0.5, 0.6) is 0 Å². The van der Waals surface area contributed by atoms with Crippen molar-refractivity contribution in [2.24, 2.45) is 0 Å². The van der Waals surface area contributed by atoms with Crippen LogP contribution in [0.15, 0.2) is 42.6 Å². The van der Waals surface area contributed by atoms with E-state index in [1.54, 1.807) is 30.3 Å². The average Bonchev–Trinajstić information content (AvgIpc) is 2.86. The lowest BCUT2D eigenvalue weighted by Crippen LogP contribution is -2.11. The lowest BCUT2D eigenvalue weighted by Gasteiger charge is -2.05. The highest BCUT2D eigenvalue weighted by atomic mass is 32.2. The van der Waals surface area contributed by atoms with E-state index < -0.39 is 16.0 Å². The van der Waals surface area contributed by atoms with Crippen molar-refractivity contribution in [1.82, 2.24) is 14.8 Å². The molecule has 8 nitrogen and oxygen atoms in total. The van der Waals surface area contributed by atoms with Crippen molar-refractivity contribution in [3.63, 3.8) is 0 Å². The summed E-state index contributed by atoms with van der Waals surface area (Å²) in [5, 5.41) is 13.9. The highest BCUT2D eigenvalue weighted by Crippen LogP contribution is 2.22. The van der Waals surface area contributed by atoms with Crippen LogP contribution in [0.1, 0.15) is 10.5 Å². The number of hydrogen-bond donors (Lipinski definition) is 2. The SMILES string of the molecule is CS(=O)(=O)Nc1ccc(-n2nc(C(=O)O)c3ccccc32)cn1. The van der Waals surface area contributed by atoms with Gasteiger partial charge in [0.15, 0.2) is 5.69 Å². The molecule has 0 bridgehead atoms. The minimum atomic E-state index is -3.41. The molecule has 0 saturated heterocycles. The van der Waals surface area contributed by atoms with Crippen LogP contribution < -0.4 is 4.72 Å². The van der Waals surface area contributed by atoms with Gasteiger partial charge in [-0.2, -0.15) is 5.10 Å². The third-order valence-electron chi connectivity index (χ3n) is 3.07. The van der Waals surface area contributed by atoms with Crippen LogP contribution in [-0.4, -0.2) is 40.5 Å². The molecule has 23 heavy (non-hydrogen) atoms. The Morgan fingerprint density at radius 3 is 2.57 bits per heavy atom. The van der Waals surface area contributed by atoms with Crippen molar-refractivity contribution in [2.75, 3.05) is 11.0 Å². The summed E-state index contributed by atoms with van der Waals surface area (Å²) in [6.07, 6.45) is 2.45. The molecule has 0 radical (unpaired) electrons. The number of rotatable bonds is 4. The first-order valence-corrected chi connectivity index (χ1v) is 8.39. The minimum absolute atomic E-state index is 0.0565. The number of carboxylic acid groups (broad SMARTS) is 1. The van der Waals surface area contributed by atoms with Crippen molar-refractivity contribution in [3.8, 4) is 5.69 Å². The number of carboxylic acids is 1. The summed E-state index contributed by atoms with van der Waals surface area (Å²) in [7, 11) is -3.41. The van der Waals surface area contributed by atoms with Gasteiger partial charge in [0, 0.05) is 5.39 Å². The molecule has 118 valence electrons. The molecule has 0 saturated carbocycles. The summed E-state index contributed by atoms with van der Waals surface area (Å²) in [5.74, 6) is -0.950. The fourth-order valence-corrected chi connectivity index (χ4v) is 2.68. The van der Waals surface area contributed by atoms with E-state index >= 15 is 0 Å². The summed E-state index contributed by atoms with van der Waals surface area (Å²) in [6.45, 7) is 0. The smallest absolute Gasteiger partial charge is 0.357 e. The Hall–Kier alpha value is -2.94. The maximum Gasteiger partial charge on any atom is 0.357 e. The van der Waals surface area contributed by atoms with E-state index in [0.717, 1.165) is 6.26 Å². The van der Waals surface area contributed by atoms with E-state index in [1.165, 1.54) is 16.9 Å². The second-order valence-corrected chi connectivity index (χ2v) is 6.61. The predicted molar refractivity (Wildman–Crippen MR) is 84.3 cm³/mol. The fourth-order valence-electron chi connectivity index (χ4n) is 2.18. The summed E-state index contributed by atoms with van der Waals surface area (Å²) in [4.78, 5) is 15.3. The molecule has 0 aliphatic rings. The van der Waals surface area contributed by atoms with E-state index in [9.17, 15) is 18.3 Å². The topological polar surface area (TPSA) is 114 Å². The zero-order valence-electron chi connectivity index (χ0n) is 12.0. The first kappa shape index (κ1) is 15.0. The second-order valence-electron chi connectivity index (χ2n) is 4.86. The maximum atomic E-state index is 11.3. The van der Waals surface area contributed by atoms with Gasteiger partial charge in [-0.15, -0.1) is 0 Å². The Kier molecular flexibility index (Phi) is 3.49. The molecule has 0 fully saturated rings. The van der Waals surface area contributed by atoms with Crippen LogP contribution in [0, 0.1) is 0 Å². The third kappa shape index (κ3) is 2.99. The number of nitrogens with zero attached hydrogens (tertiary/aromatic N) is 3. The first-order chi connectivity index (χ1) is 10.8. The van der Waals surface area contributed by atoms with Crippen LogP contribution in [0.3, 0.4) is 0 Å². The molecule has 0 atom stereocenters. The van der Waals surface area contributed by atoms with E-state index in [-0.39, 0.29) is 11.5 Å². The lowest BCUT2D eigenvalue weighted by atomic mass is 10.2. The number of fused-ring (bicyclic) bond motifs is 1. The second kappa shape index (κ2) is 5.36. The molecule has 2 heterocycles. The van der Waals surface area contributed by atoms with Gasteiger partial charge in [0.05, 0.1) is 23.7 Å². The molecule has 0 unspecified atom stereocenters. The Morgan fingerprint density at radius 2 is 1.96 bits per heavy atom. The van der Waals surface area contributed by atoms with E-state index in [2.05, 4.69) is 14.8 Å². The summed E-state index contributed by atoms with van der Waals surface area (Å²) in [6, 6.07) is 10.0. The number of pyridine rings is 1. The van der Waals surface area contributed by atoms with Crippen molar-refractivity contribution in [3.05, 3.63) is 48.3 Å². The quantitative estimate of drug-likeness (QED) is 0.748. The standard InChI is InChI=1S/C14H12N4O4S/c1-23(21,22)17-12-7-6-9(8-15-12)18-11-5-3-2-4-10(11)13(16-18)14(19)20/h2-8H,1H3,(H,15,17)(H,19,20).